The van der Waals surface area contributed by atoms with Crippen LogP contribution in [0.3, 0.4) is 0 Å². The summed E-state index contributed by atoms with van der Waals surface area (Å²) in [6.45, 7) is 0. The minimum absolute atomic E-state index is 0.0414. The number of allylic oxidation sites excluding steroid dienone is 2. The van der Waals surface area contributed by atoms with Gasteiger partial charge in [0.1, 0.15) is 0 Å². The Bertz CT molecular complexity index is 436. The predicted octanol–water partition coefficient (Wildman–Crippen LogP) is 2.15. The minimum atomic E-state index is -0.427. The van der Waals surface area contributed by atoms with E-state index in [4.69, 9.17) is 9.47 Å². The molecule has 0 unspecified atom stereocenters. The summed E-state index contributed by atoms with van der Waals surface area (Å²) in [5.74, 6) is -0.641. The molecular weight excluding hydrogens is 392 g/mol. The number of hydrogen-bond donors (Lipinski definition) is 0. The van der Waals surface area contributed by atoms with Crippen LogP contribution in [0.4, 0.5) is 0 Å². The molecular formula is C14H16Br2O4. The fourth-order valence-electron chi connectivity index (χ4n) is 4.23. The Kier molecular flexibility index (Phi) is 3.73. The maximum atomic E-state index is 12.2. The van der Waals surface area contributed by atoms with E-state index in [0.29, 0.717) is 21.5 Å². The summed E-state index contributed by atoms with van der Waals surface area (Å²) in [5, 5.41) is 0. The smallest absolute Gasteiger partial charge is 0.310 e. The molecule has 0 amide bonds. The van der Waals surface area contributed by atoms with Gasteiger partial charge in [-0.1, -0.05) is 44.0 Å². The van der Waals surface area contributed by atoms with Crippen molar-refractivity contribution in [2.45, 2.75) is 9.65 Å². The molecule has 2 bridgehead atoms. The molecule has 0 N–H and O–H groups in total. The third-order valence-electron chi connectivity index (χ3n) is 5.09. The van der Waals surface area contributed by atoms with Crippen LogP contribution in [-0.2, 0) is 19.1 Å². The van der Waals surface area contributed by atoms with E-state index in [0.717, 1.165) is 0 Å². The van der Waals surface area contributed by atoms with Gasteiger partial charge >= 0.3 is 11.9 Å². The van der Waals surface area contributed by atoms with Gasteiger partial charge in [0.15, 0.2) is 0 Å². The molecule has 0 aromatic rings. The summed E-state index contributed by atoms with van der Waals surface area (Å²) in [5.41, 5.74) is 0. The molecule has 4 aliphatic rings. The minimum Gasteiger partial charge on any atom is -0.469 e. The maximum Gasteiger partial charge on any atom is 0.310 e. The number of halogens is 2. The zero-order chi connectivity index (χ0) is 14.6. The standard InChI is InChI=1S/C14H16Br2O4/c1-19-13(17)9-5-3-4-6(10(9)14(18)20-2)8-7(5)11(15)12(8)16/h3-12H,1-2H3/t5-,6+,7+,8-,9+,10-,11+,12-. The third-order valence-corrected chi connectivity index (χ3v) is 8.16. The van der Waals surface area contributed by atoms with Crippen molar-refractivity contribution < 1.29 is 19.1 Å². The first kappa shape index (κ1) is 14.6. The number of methoxy groups -OCH3 is 2. The topological polar surface area (TPSA) is 52.6 Å². The molecule has 0 spiro atoms. The molecule has 0 aromatic heterocycles. The molecule has 20 heavy (non-hydrogen) atoms. The van der Waals surface area contributed by atoms with Crippen molar-refractivity contribution in [3.8, 4) is 0 Å². The maximum absolute atomic E-state index is 12.2. The van der Waals surface area contributed by atoms with Crippen molar-refractivity contribution in [1.29, 1.82) is 0 Å². The second-order valence-corrected chi connectivity index (χ2v) is 7.80. The Labute approximate surface area is 134 Å². The number of rotatable bonds is 2. The predicted molar refractivity (Wildman–Crippen MR) is 79.5 cm³/mol. The van der Waals surface area contributed by atoms with Crippen LogP contribution in [0, 0.1) is 35.5 Å². The van der Waals surface area contributed by atoms with Crippen LogP contribution in [0.15, 0.2) is 12.2 Å². The van der Waals surface area contributed by atoms with Crippen LogP contribution < -0.4 is 0 Å². The number of hydrogen-bond acceptors (Lipinski definition) is 4. The second-order valence-electron chi connectivity index (χ2n) is 5.68. The molecule has 0 aliphatic heterocycles. The van der Waals surface area contributed by atoms with Gasteiger partial charge in [-0.15, -0.1) is 0 Å². The average Bonchev–Trinajstić information content (AvgIpc) is 2.50. The number of fused-ring (bicyclic) bond motifs is 1. The van der Waals surface area contributed by atoms with Crippen LogP contribution in [0.5, 0.6) is 0 Å². The van der Waals surface area contributed by atoms with Gasteiger partial charge in [-0.05, 0) is 23.7 Å². The lowest BCUT2D eigenvalue weighted by Crippen LogP contribution is -2.66. The van der Waals surface area contributed by atoms with Gasteiger partial charge in [0.05, 0.1) is 26.1 Å². The Morgan fingerprint density at radius 1 is 0.850 bits per heavy atom. The largest absolute Gasteiger partial charge is 0.469 e. The van der Waals surface area contributed by atoms with Gasteiger partial charge < -0.3 is 9.47 Å². The first-order valence-electron chi connectivity index (χ1n) is 6.65. The fourth-order valence-corrected chi connectivity index (χ4v) is 6.35. The lowest BCUT2D eigenvalue weighted by Gasteiger charge is -2.61. The molecule has 0 radical (unpaired) electrons. The zero-order valence-electron chi connectivity index (χ0n) is 11.2. The summed E-state index contributed by atoms with van der Waals surface area (Å²) < 4.78 is 9.86. The van der Waals surface area contributed by atoms with Crippen LogP contribution in [0.1, 0.15) is 0 Å². The van der Waals surface area contributed by atoms with E-state index in [1.54, 1.807) is 0 Å². The highest BCUT2D eigenvalue weighted by Crippen LogP contribution is 2.63. The number of carbonyl (C=O) groups excluding carboxylic acids is 2. The van der Waals surface area contributed by atoms with Gasteiger partial charge in [-0.3, -0.25) is 9.59 Å². The van der Waals surface area contributed by atoms with E-state index >= 15 is 0 Å². The van der Waals surface area contributed by atoms with Crippen LogP contribution in [0.2, 0.25) is 0 Å². The number of esters is 2. The molecule has 0 heterocycles. The molecule has 0 aromatic carbocycles. The highest BCUT2D eigenvalue weighted by Gasteiger charge is 2.65. The lowest BCUT2D eigenvalue weighted by atomic mass is 9.46. The van der Waals surface area contributed by atoms with Crippen LogP contribution >= 0.6 is 31.9 Å². The summed E-state index contributed by atoms with van der Waals surface area (Å²) in [7, 11) is 2.75. The van der Waals surface area contributed by atoms with E-state index in [-0.39, 0.29) is 23.8 Å². The second kappa shape index (κ2) is 5.13. The average molecular weight is 408 g/mol. The van der Waals surface area contributed by atoms with Gasteiger partial charge in [-0.2, -0.15) is 0 Å². The number of carbonyl (C=O) groups is 2. The Morgan fingerprint density at radius 3 is 1.50 bits per heavy atom. The fraction of sp³-hybridized carbons (Fsp3) is 0.714. The first-order chi connectivity index (χ1) is 9.52. The third kappa shape index (κ3) is 1.76. The van der Waals surface area contributed by atoms with Crippen molar-refractivity contribution >= 4 is 43.8 Å². The van der Waals surface area contributed by atoms with Crippen molar-refractivity contribution in [3.05, 3.63) is 12.2 Å². The lowest BCUT2D eigenvalue weighted by molar-refractivity contribution is -0.172. The van der Waals surface area contributed by atoms with E-state index in [9.17, 15) is 9.59 Å². The summed E-state index contributed by atoms with van der Waals surface area (Å²) in [6.07, 6.45) is 4.17. The van der Waals surface area contributed by atoms with E-state index in [2.05, 4.69) is 44.0 Å². The van der Waals surface area contributed by atoms with E-state index < -0.39 is 11.8 Å². The number of ether oxygens (including phenoxy) is 2. The first-order valence-corrected chi connectivity index (χ1v) is 8.48. The molecule has 4 aliphatic carbocycles. The van der Waals surface area contributed by atoms with Gasteiger partial charge in [-0.25, -0.2) is 0 Å². The van der Waals surface area contributed by atoms with Crippen molar-refractivity contribution in [3.63, 3.8) is 0 Å². The molecule has 2 saturated carbocycles. The Hall–Kier alpha value is -0.360. The monoisotopic (exact) mass is 406 g/mol. The van der Waals surface area contributed by atoms with Crippen molar-refractivity contribution in [2.75, 3.05) is 14.2 Å². The normalized spacial score (nSPS) is 48.2. The summed E-state index contributed by atoms with van der Waals surface area (Å²) >= 11 is 7.39. The van der Waals surface area contributed by atoms with Crippen molar-refractivity contribution in [1.82, 2.24) is 0 Å². The zero-order valence-corrected chi connectivity index (χ0v) is 14.3. The highest BCUT2D eigenvalue weighted by molar-refractivity contribution is 9.12. The number of alkyl halides is 2. The van der Waals surface area contributed by atoms with Gasteiger partial charge in [0.25, 0.3) is 0 Å². The van der Waals surface area contributed by atoms with Crippen LogP contribution in [-0.4, -0.2) is 35.8 Å². The summed E-state index contributed by atoms with van der Waals surface area (Å²) in [4.78, 5) is 25.0. The highest BCUT2D eigenvalue weighted by atomic mass is 79.9. The molecule has 8 atom stereocenters. The summed E-state index contributed by atoms with van der Waals surface area (Å²) in [6, 6.07) is 0. The molecule has 4 rings (SSSR count). The Morgan fingerprint density at radius 2 is 1.20 bits per heavy atom. The van der Waals surface area contributed by atoms with E-state index in [1.807, 2.05) is 0 Å². The molecule has 2 fully saturated rings. The molecule has 6 heteroatoms. The van der Waals surface area contributed by atoms with Gasteiger partial charge in [0, 0.05) is 9.65 Å². The van der Waals surface area contributed by atoms with Crippen LogP contribution in [0.25, 0.3) is 0 Å². The van der Waals surface area contributed by atoms with Crippen molar-refractivity contribution in [2.24, 2.45) is 35.5 Å². The SMILES string of the molecule is COC(=O)[C@@H]1[C@H]2C=C[C@@H]([C@@H]1C(=O)OC)[C@@H]1[C@H](Br)[C@H](Br)[C@H]21. The molecule has 110 valence electrons. The van der Waals surface area contributed by atoms with E-state index in [1.165, 1.54) is 14.2 Å². The quantitative estimate of drug-likeness (QED) is 0.400. The van der Waals surface area contributed by atoms with Gasteiger partial charge in [0.2, 0.25) is 0 Å². The molecule has 4 nitrogen and oxygen atoms in total. The Balaban J connectivity index is 2.00. The molecule has 0 saturated heterocycles.